The number of anilines is 1. The van der Waals surface area contributed by atoms with Crippen LogP contribution in [-0.4, -0.2) is 23.3 Å². The van der Waals surface area contributed by atoms with E-state index >= 15 is 0 Å². The summed E-state index contributed by atoms with van der Waals surface area (Å²) in [4.78, 5) is 2.52. The Morgan fingerprint density at radius 2 is 1.94 bits per heavy atom. The molecular formula is C15H22N2O. The van der Waals surface area contributed by atoms with Gasteiger partial charge < -0.3 is 15.7 Å². The summed E-state index contributed by atoms with van der Waals surface area (Å²) in [5.41, 5.74) is 9.69. The van der Waals surface area contributed by atoms with Crippen LogP contribution in [0.25, 0.3) is 0 Å². The number of aliphatic hydroxyl groups is 1. The SMILES string of the molecule is Cc1ccc(N2C3CCC2CC(O)C3)c(CN)c1. The fraction of sp³-hybridized carbons (Fsp3) is 0.600. The molecule has 1 aromatic carbocycles. The van der Waals surface area contributed by atoms with E-state index in [4.69, 9.17) is 5.73 Å². The van der Waals surface area contributed by atoms with Crippen molar-refractivity contribution >= 4 is 5.69 Å². The minimum Gasteiger partial charge on any atom is -0.393 e. The zero-order valence-electron chi connectivity index (χ0n) is 11.0. The molecule has 2 fully saturated rings. The number of nitrogens with two attached hydrogens (primary N) is 1. The third-order valence-electron chi connectivity index (χ3n) is 4.44. The molecule has 3 heteroatoms. The molecule has 3 nitrogen and oxygen atoms in total. The summed E-state index contributed by atoms with van der Waals surface area (Å²) in [5, 5.41) is 9.87. The van der Waals surface area contributed by atoms with Crippen LogP contribution in [0.5, 0.6) is 0 Å². The smallest absolute Gasteiger partial charge is 0.0579 e. The number of benzene rings is 1. The van der Waals surface area contributed by atoms with Gasteiger partial charge in [0.05, 0.1) is 6.10 Å². The van der Waals surface area contributed by atoms with Crippen molar-refractivity contribution in [2.75, 3.05) is 4.90 Å². The number of aryl methyl sites for hydroxylation is 1. The van der Waals surface area contributed by atoms with Crippen LogP contribution >= 0.6 is 0 Å². The zero-order valence-corrected chi connectivity index (χ0v) is 11.0. The summed E-state index contributed by atoms with van der Waals surface area (Å²) in [6, 6.07) is 7.58. The Morgan fingerprint density at radius 1 is 1.28 bits per heavy atom. The summed E-state index contributed by atoms with van der Waals surface area (Å²) in [6.07, 6.45) is 4.13. The van der Waals surface area contributed by atoms with Gasteiger partial charge in [-0.25, -0.2) is 0 Å². The van der Waals surface area contributed by atoms with Crippen molar-refractivity contribution in [1.82, 2.24) is 0 Å². The Morgan fingerprint density at radius 3 is 2.56 bits per heavy atom. The lowest BCUT2D eigenvalue weighted by Gasteiger charge is -2.40. The van der Waals surface area contributed by atoms with Gasteiger partial charge in [0.25, 0.3) is 0 Å². The lowest BCUT2D eigenvalue weighted by molar-refractivity contribution is 0.126. The third kappa shape index (κ3) is 1.91. The van der Waals surface area contributed by atoms with E-state index in [9.17, 15) is 5.11 Å². The van der Waals surface area contributed by atoms with Gasteiger partial charge >= 0.3 is 0 Å². The van der Waals surface area contributed by atoms with Crippen LogP contribution in [0.1, 0.15) is 36.8 Å². The molecule has 0 saturated carbocycles. The molecule has 98 valence electrons. The molecule has 0 aromatic heterocycles. The molecule has 2 saturated heterocycles. The standard InChI is InChI=1S/C15H22N2O/c1-10-2-5-15(11(6-10)9-16)17-12-3-4-13(17)8-14(18)7-12/h2,5-6,12-14,18H,3-4,7-9,16H2,1H3. The van der Waals surface area contributed by atoms with Gasteiger partial charge in [0.1, 0.15) is 0 Å². The molecule has 0 aliphatic carbocycles. The van der Waals surface area contributed by atoms with Crippen LogP contribution in [0.3, 0.4) is 0 Å². The topological polar surface area (TPSA) is 49.5 Å². The highest BCUT2D eigenvalue weighted by molar-refractivity contribution is 5.58. The maximum absolute atomic E-state index is 9.87. The molecule has 2 bridgehead atoms. The summed E-state index contributed by atoms with van der Waals surface area (Å²) in [7, 11) is 0. The zero-order chi connectivity index (χ0) is 12.7. The molecule has 2 aliphatic heterocycles. The lowest BCUT2D eigenvalue weighted by Crippen LogP contribution is -2.45. The van der Waals surface area contributed by atoms with Crippen LogP contribution in [0, 0.1) is 6.92 Å². The molecule has 2 heterocycles. The highest BCUT2D eigenvalue weighted by Crippen LogP contribution is 2.40. The normalized spacial score (nSPS) is 30.8. The van der Waals surface area contributed by atoms with Gasteiger partial charge in [-0.15, -0.1) is 0 Å². The summed E-state index contributed by atoms with van der Waals surface area (Å²) in [5.74, 6) is 0. The van der Waals surface area contributed by atoms with Crippen LogP contribution in [0.4, 0.5) is 5.69 Å². The highest BCUT2D eigenvalue weighted by Gasteiger charge is 2.40. The van der Waals surface area contributed by atoms with Crippen molar-refractivity contribution in [1.29, 1.82) is 0 Å². The van der Waals surface area contributed by atoms with Gasteiger partial charge in [-0.05, 0) is 44.2 Å². The first-order chi connectivity index (χ1) is 8.69. The first-order valence-electron chi connectivity index (χ1n) is 6.95. The Kier molecular flexibility index (Phi) is 3.04. The average Bonchev–Trinajstić information content (AvgIpc) is 2.62. The minimum absolute atomic E-state index is 0.106. The van der Waals surface area contributed by atoms with Crippen molar-refractivity contribution in [3.63, 3.8) is 0 Å². The molecule has 0 radical (unpaired) electrons. The molecule has 18 heavy (non-hydrogen) atoms. The molecule has 2 unspecified atom stereocenters. The summed E-state index contributed by atoms with van der Waals surface area (Å²) >= 11 is 0. The highest BCUT2D eigenvalue weighted by atomic mass is 16.3. The second-order valence-corrected chi connectivity index (χ2v) is 5.75. The first kappa shape index (κ1) is 12.0. The number of rotatable bonds is 2. The molecular weight excluding hydrogens is 224 g/mol. The largest absolute Gasteiger partial charge is 0.393 e. The molecule has 3 N–H and O–H groups in total. The van der Waals surface area contributed by atoms with E-state index < -0.39 is 0 Å². The van der Waals surface area contributed by atoms with Crippen LogP contribution in [0.15, 0.2) is 18.2 Å². The third-order valence-corrected chi connectivity index (χ3v) is 4.44. The lowest BCUT2D eigenvalue weighted by atomic mass is 9.97. The predicted molar refractivity (Wildman–Crippen MR) is 73.6 cm³/mol. The van der Waals surface area contributed by atoms with Gasteiger partial charge in [-0.2, -0.15) is 0 Å². The van der Waals surface area contributed by atoms with E-state index in [0.29, 0.717) is 18.6 Å². The van der Waals surface area contributed by atoms with Crippen molar-refractivity contribution < 1.29 is 5.11 Å². The molecule has 2 aliphatic rings. The van der Waals surface area contributed by atoms with E-state index in [1.165, 1.54) is 29.7 Å². The van der Waals surface area contributed by atoms with Gasteiger partial charge in [0, 0.05) is 24.3 Å². The van der Waals surface area contributed by atoms with Crippen LogP contribution < -0.4 is 10.6 Å². The Balaban J connectivity index is 1.96. The molecule has 1 aromatic rings. The molecule has 3 rings (SSSR count). The van der Waals surface area contributed by atoms with E-state index in [2.05, 4.69) is 30.0 Å². The number of hydrogen-bond donors (Lipinski definition) is 2. The van der Waals surface area contributed by atoms with Crippen molar-refractivity contribution in [3.8, 4) is 0 Å². The Bertz CT molecular complexity index is 432. The summed E-state index contributed by atoms with van der Waals surface area (Å²) in [6.45, 7) is 2.70. The van der Waals surface area contributed by atoms with E-state index in [1.54, 1.807) is 0 Å². The first-order valence-corrected chi connectivity index (χ1v) is 6.95. The van der Waals surface area contributed by atoms with Gasteiger partial charge in [-0.3, -0.25) is 0 Å². The van der Waals surface area contributed by atoms with Crippen molar-refractivity contribution in [2.45, 2.75) is 57.3 Å². The van der Waals surface area contributed by atoms with Crippen molar-refractivity contribution in [2.24, 2.45) is 5.73 Å². The molecule has 2 atom stereocenters. The van der Waals surface area contributed by atoms with Crippen molar-refractivity contribution in [3.05, 3.63) is 29.3 Å². The minimum atomic E-state index is -0.106. The predicted octanol–water partition coefficient (Wildman–Crippen LogP) is 1.95. The quantitative estimate of drug-likeness (QED) is 0.838. The fourth-order valence-electron chi connectivity index (χ4n) is 3.67. The van der Waals surface area contributed by atoms with Gasteiger partial charge in [-0.1, -0.05) is 17.7 Å². The number of aliphatic hydroxyl groups excluding tert-OH is 1. The second kappa shape index (κ2) is 4.56. The number of fused-ring (bicyclic) bond motifs is 2. The number of nitrogens with zero attached hydrogens (tertiary/aromatic N) is 1. The second-order valence-electron chi connectivity index (χ2n) is 5.75. The summed E-state index contributed by atoms with van der Waals surface area (Å²) < 4.78 is 0. The number of piperidine rings is 1. The van der Waals surface area contributed by atoms with E-state index in [0.717, 1.165) is 12.8 Å². The molecule has 0 amide bonds. The maximum atomic E-state index is 9.87. The fourth-order valence-corrected chi connectivity index (χ4v) is 3.67. The van der Waals surface area contributed by atoms with Gasteiger partial charge in [0.2, 0.25) is 0 Å². The number of hydrogen-bond acceptors (Lipinski definition) is 3. The van der Waals surface area contributed by atoms with E-state index in [1.807, 2.05) is 0 Å². The van der Waals surface area contributed by atoms with Crippen LogP contribution in [-0.2, 0) is 6.54 Å². The Labute approximate surface area is 109 Å². The van der Waals surface area contributed by atoms with E-state index in [-0.39, 0.29) is 6.10 Å². The monoisotopic (exact) mass is 246 g/mol. The molecule has 0 spiro atoms. The maximum Gasteiger partial charge on any atom is 0.0579 e. The van der Waals surface area contributed by atoms with Crippen LogP contribution in [0.2, 0.25) is 0 Å². The van der Waals surface area contributed by atoms with Gasteiger partial charge in [0.15, 0.2) is 0 Å². The average molecular weight is 246 g/mol. The Hall–Kier alpha value is -1.06.